The van der Waals surface area contributed by atoms with Gasteiger partial charge in [0.1, 0.15) is 0 Å². The van der Waals surface area contributed by atoms with Crippen molar-refractivity contribution < 1.29 is 37.2 Å². The molecule has 0 rings (SSSR count). The van der Waals surface area contributed by atoms with Crippen LogP contribution in [0.4, 0.5) is 0 Å². The second-order valence-corrected chi connectivity index (χ2v) is 4.18. The Bertz CT molecular complexity index is 92.8. The summed E-state index contributed by atoms with van der Waals surface area (Å²) < 4.78 is 1.05. The van der Waals surface area contributed by atoms with Crippen molar-refractivity contribution in [3.05, 3.63) is 14.9 Å². The molecule has 0 aliphatic heterocycles. The van der Waals surface area contributed by atoms with Crippen LogP contribution < -0.4 is 0 Å². The minimum Gasteiger partial charge on any atom is -0.358 e. The predicted molar refractivity (Wildman–Crippen MR) is 62.0 cm³/mol. The van der Waals surface area contributed by atoms with E-state index in [0.29, 0.717) is 5.54 Å². The van der Waals surface area contributed by atoms with E-state index in [-0.39, 0.29) is 55.0 Å². The molecule has 0 spiro atoms. The Labute approximate surface area is 113 Å². The third kappa shape index (κ3) is 9.37. The molecule has 13 heavy (non-hydrogen) atoms. The first-order valence-electron chi connectivity index (χ1n) is 3.63. The van der Waals surface area contributed by atoms with Crippen LogP contribution in [0.3, 0.4) is 0 Å². The summed E-state index contributed by atoms with van der Waals surface area (Å²) in [5.41, 5.74) is 0.417. The summed E-state index contributed by atoms with van der Waals surface area (Å²) >= 11 is 0. The molecule has 0 aliphatic carbocycles. The monoisotopic (exact) mass is 265 g/mol. The molecule has 0 heterocycles. The zero-order valence-electron chi connectivity index (χ0n) is 10.2. The quantitative estimate of drug-likeness (QED) is 0.530. The van der Waals surface area contributed by atoms with Crippen LogP contribution in [-0.2, 0) is 32.7 Å². The van der Waals surface area contributed by atoms with E-state index < -0.39 is 0 Å². The number of rotatable bonds is 2. The first-order valence-corrected chi connectivity index (χ1v) is 3.63. The third-order valence-electron chi connectivity index (χ3n) is 2.68. The fraction of sp³-hybridized carbons (Fsp3) is 0.818. The average molecular weight is 265 g/mol. The molecular weight excluding hydrogens is 235 g/mol. The van der Waals surface area contributed by atoms with E-state index in [1.807, 2.05) is 0 Å². The number of quaternary nitrogens is 1. The van der Waals surface area contributed by atoms with Gasteiger partial charge in [-0.3, -0.25) is 0 Å². The maximum Gasteiger partial charge on any atom is 0.0926 e. The van der Waals surface area contributed by atoms with Gasteiger partial charge in [-0.2, -0.15) is 0 Å². The van der Waals surface area contributed by atoms with Gasteiger partial charge in [-0.05, 0) is 20.3 Å². The molecule has 0 aromatic carbocycles. The molecule has 0 fully saturated rings. The molecular formula is C11H30NY-. The van der Waals surface area contributed by atoms with Crippen LogP contribution in [0.1, 0.15) is 34.6 Å². The molecule has 1 radical (unpaired) electrons. The normalized spacial score (nSPS) is 9.69. The van der Waals surface area contributed by atoms with Gasteiger partial charge in [0, 0.05) is 32.7 Å². The Balaban J connectivity index is -0.0000000533. The SMILES string of the molecule is C.CCC(C)(C)[N+](C)(C)C.[CH3-].[CH3-].[Y]. The molecule has 0 aromatic rings. The molecule has 83 valence electrons. The van der Waals surface area contributed by atoms with E-state index in [9.17, 15) is 0 Å². The van der Waals surface area contributed by atoms with Crippen LogP contribution in [0.15, 0.2) is 0 Å². The van der Waals surface area contributed by atoms with E-state index in [4.69, 9.17) is 0 Å². The van der Waals surface area contributed by atoms with Gasteiger partial charge in [0.15, 0.2) is 0 Å². The summed E-state index contributed by atoms with van der Waals surface area (Å²) in [4.78, 5) is 0. The summed E-state index contributed by atoms with van der Waals surface area (Å²) in [7, 11) is 6.72. The molecule has 0 amide bonds. The topological polar surface area (TPSA) is 0 Å². The fourth-order valence-electron chi connectivity index (χ4n) is 0.474. The Hall–Kier alpha value is 1.06. The van der Waals surface area contributed by atoms with Gasteiger partial charge in [0.05, 0.1) is 26.7 Å². The molecule has 0 saturated heterocycles. The maximum absolute atomic E-state index is 2.30. The Morgan fingerprint density at radius 2 is 1.23 bits per heavy atom. The van der Waals surface area contributed by atoms with Crippen LogP contribution in [0.2, 0.25) is 0 Å². The largest absolute Gasteiger partial charge is 0.358 e. The Morgan fingerprint density at radius 1 is 1.00 bits per heavy atom. The first kappa shape index (κ1) is 29.2. The van der Waals surface area contributed by atoms with E-state index in [0.717, 1.165) is 4.48 Å². The number of hydrogen-bond donors (Lipinski definition) is 0. The van der Waals surface area contributed by atoms with Crippen LogP contribution >= 0.6 is 0 Å². The van der Waals surface area contributed by atoms with Crippen LogP contribution in [0.5, 0.6) is 0 Å². The molecule has 0 unspecified atom stereocenters. The minimum absolute atomic E-state index is 0. The second-order valence-electron chi connectivity index (χ2n) is 4.18. The van der Waals surface area contributed by atoms with Crippen molar-refractivity contribution in [3.8, 4) is 0 Å². The van der Waals surface area contributed by atoms with Crippen molar-refractivity contribution in [2.24, 2.45) is 0 Å². The third-order valence-corrected chi connectivity index (χ3v) is 2.68. The van der Waals surface area contributed by atoms with Crippen LogP contribution in [0, 0.1) is 14.9 Å². The van der Waals surface area contributed by atoms with Crippen molar-refractivity contribution in [3.63, 3.8) is 0 Å². The van der Waals surface area contributed by atoms with Gasteiger partial charge < -0.3 is 19.3 Å². The molecule has 0 N–H and O–H groups in total. The standard InChI is InChI=1S/C8H20N.CH4.2CH3.Y/c1-7-8(2,3)9(4,5)6;;;;/h7H2,1-6H3;1H4;2*1H3;/q+1;;2*-1;. The first-order chi connectivity index (χ1) is 3.81. The van der Waals surface area contributed by atoms with Crippen molar-refractivity contribution in [2.45, 2.75) is 40.2 Å². The number of hydrogen-bond acceptors (Lipinski definition) is 0. The van der Waals surface area contributed by atoms with Crippen LogP contribution in [0.25, 0.3) is 0 Å². The van der Waals surface area contributed by atoms with Crippen molar-refractivity contribution in [1.29, 1.82) is 0 Å². The summed E-state index contributed by atoms with van der Waals surface area (Å²) in [6.07, 6.45) is 1.23. The van der Waals surface area contributed by atoms with Gasteiger partial charge in [0.2, 0.25) is 0 Å². The summed E-state index contributed by atoms with van der Waals surface area (Å²) in [6.45, 7) is 6.84. The van der Waals surface area contributed by atoms with Gasteiger partial charge >= 0.3 is 0 Å². The average Bonchev–Trinajstić information content (AvgIpc) is 1.64. The zero-order valence-corrected chi connectivity index (χ0v) is 13.1. The molecule has 1 nitrogen and oxygen atoms in total. The minimum atomic E-state index is 0. The maximum atomic E-state index is 2.30. The van der Waals surface area contributed by atoms with E-state index in [1.54, 1.807) is 0 Å². The number of nitrogens with zero attached hydrogens (tertiary/aromatic N) is 1. The molecule has 2 heteroatoms. The summed E-state index contributed by atoms with van der Waals surface area (Å²) in [5, 5.41) is 0. The van der Waals surface area contributed by atoms with Gasteiger partial charge in [-0.15, -0.1) is 0 Å². The predicted octanol–water partition coefficient (Wildman–Crippen LogP) is 3.42. The van der Waals surface area contributed by atoms with Crippen LogP contribution in [-0.4, -0.2) is 31.2 Å². The molecule has 0 saturated carbocycles. The van der Waals surface area contributed by atoms with Gasteiger partial charge in [0.25, 0.3) is 0 Å². The molecule has 0 atom stereocenters. The van der Waals surface area contributed by atoms with E-state index in [1.165, 1.54) is 6.42 Å². The van der Waals surface area contributed by atoms with Crippen molar-refractivity contribution in [2.75, 3.05) is 21.1 Å². The smallest absolute Gasteiger partial charge is 0.0926 e. The summed E-state index contributed by atoms with van der Waals surface area (Å²) in [5.74, 6) is 0. The fourth-order valence-corrected chi connectivity index (χ4v) is 0.474. The van der Waals surface area contributed by atoms with Gasteiger partial charge in [-0.1, -0.05) is 14.4 Å². The molecule has 0 aromatic heterocycles. The molecule has 0 bridgehead atoms. The van der Waals surface area contributed by atoms with Gasteiger partial charge in [-0.25, -0.2) is 0 Å². The zero-order chi connectivity index (χ0) is 7.71. The second kappa shape index (κ2) is 9.61. The van der Waals surface area contributed by atoms with E-state index >= 15 is 0 Å². The summed E-state index contributed by atoms with van der Waals surface area (Å²) in [6, 6.07) is 0. The van der Waals surface area contributed by atoms with Crippen molar-refractivity contribution in [1.82, 2.24) is 0 Å². The van der Waals surface area contributed by atoms with Crippen molar-refractivity contribution >= 4 is 0 Å². The molecule has 0 aliphatic rings. The van der Waals surface area contributed by atoms with E-state index in [2.05, 4.69) is 41.9 Å². The Kier molecular flexibility index (Phi) is 21.6. The Morgan fingerprint density at radius 3 is 1.23 bits per heavy atom.